The zero-order valence-electron chi connectivity index (χ0n) is 11.2. The molecule has 1 aromatic rings. The molecule has 0 N–H and O–H groups in total. The Morgan fingerprint density at radius 2 is 2.05 bits per heavy atom. The molecule has 0 unspecified atom stereocenters. The summed E-state index contributed by atoms with van der Waals surface area (Å²) in [5.74, 6) is 0. The van der Waals surface area contributed by atoms with Gasteiger partial charge in [-0.25, -0.2) is 8.42 Å². The second-order valence-corrected chi connectivity index (χ2v) is 7.20. The Bertz CT molecular complexity index is 664. The predicted molar refractivity (Wildman–Crippen MR) is 64.9 cm³/mol. The van der Waals surface area contributed by atoms with Gasteiger partial charge in [-0.05, 0) is 12.8 Å². The third kappa shape index (κ3) is 2.34. The molecular formula is C11H14F3N3O3S. The van der Waals surface area contributed by atoms with Crippen LogP contribution in [0.3, 0.4) is 0 Å². The molecule has 1 spiro atoms. The van der Waals surface area contributed by atoms with Gasteiger partial charge in [0.25, 0.3) is 0 Å². The normalized spacial score (nSPS) is 22.7. The minimum atomic E-state index is -4.81. The smallest absolute Gasteiger partial charge is 0.378 e. The molecule has 0 bridgehead atoms. The number of morpholine rings is 1. The number of hydrogen-bond acceptors (Lipinski definition) is 4. The van der Waals surface area contributed by atoms with Crippen LogP contribution in [0.25, 0.3) is 0 Å². The number of ether oxygens (including phenoxy) is 1. The van der Waals surface area contributed by atoms with Crippen molar-refractivity contribution in [2.75, 3.05) is 19.8 Å². The SMILES string of the molecule is Cn1cc(S(=O)(=O)N2CCOCC23CC3)c(C(F)(F)F)n1. The molecule has 2 heterocycles. The van der Waals surface area contributed by atoms with Gasteiger partial charge in [0.05, 0.1) is 18.8 Å². The topological polar surface area (TPSA) is 64.4 Å². The monoisotopic (exact) mass is 325 g/mol. The van der Waals surface area contributed by atoms with Crippen molar-refractivity contribution in [1.29, 1.82) is 0 Å². The zero-order valence-corrected chi connectivity index (χ0v) is 12.0. The Hall–Kier alpha value is -1.13. The molecule has 0 amide bonds. The highest BCUT2D eigenvalue weighted by Gasteiger charge is 2.56. The van der Waals surface area contributed by atoms with E-state index < -0.39 is 32.3 Å². The lowest BCUT2D eigenvalue weighted by molar-refractivity contribution is -0.143. The molecule has 0 aromatic carbocycles. The Labute approximate surface area is 119 Å². The number of alkyl halides is 3. The zero-order chi connectivity index (χ0) is 15.5. The molecule has 6 nitrogen and oxygen atoms in total. The van der Waals surface area contributed by atoms with Crippen molar-refractivity contribution in [3.63, 3.8) is 0 Å². The second-order valence-electron chi connectivity index (χ2n) is 5.37. The first-order valence-electron chi connectivity index (χ1n) is 6.38. The van der Waals surface area contributed by atoms with Gasteiger partial charge in [-0.2, -0.15) is 22.6 Å². The fraction of sp³-hybridized carbons (Fsp3) is 0.727. The molecule has 2 fully saturated rings. The highest BCUT2D eigenvalue weighted by molar-refractivity contribution is 7.89. The van der Waals surface area contributed by atoms with Crippen LogP contribution >= 0.6 is 0 Å². The molecule has 1 aliphatic heterocycles. The molecule has 1 aliphatic carbocycles. The van der Waals surface area contributed by atoms with E-state index in [1.165, 1.54) is 7.05 Å². The number of aryl methyl sites for hydroxylation is 1. The Morgan fingerprint density at radius 3 is 2.62 bits per heavy atom. The molecule has 118 valence electrons. The van der Waals surface area contributed by atoms with E-state index in [2.05, 4.69) is 5.10 Å². The number of rotatable bonds is 2. The summed E-state index contributed by atoms with van der Waals surface area (Å²) >= 11 is 0. The molecule has 0 atom stereocenters. The molecule has 0 radical (unpaired) electrons. The maximum atomic E-state index is 13.0. The Morgan fingerprint density at radius 1 is 1.38 bits per heavy atom. The first-order chi connectivity index (χ1) is 9.67. The summed E-state index contributed by atoms with van der Waals surface area (Å²) in [4.78, 5) is -0.786. The van der Waals surface area contributed by atoms with Crippen LogP contribution in [-0.4, -0.2) is 47.8 Å². The van der Waals surface area contributed by atoms with Gasteiger partial charge >= 0.3 is 6.18 Å². The van der Waals surface area contributed by atoms with Gasteiger partial charge in [-0.1, -0.05) is 0 Å². The van der Waals surface area contributed by atoms with E-state index in [1.807, 2.05) is 0 Å². The summed E-state index contributed by atoms with van der Waals surface area (Å²) in [6.07, 6.45) is -2.70. The summed E-state index contributed by atoms with van der Waals surface area (Å²) in [5.41, 5.74) is -2.04. The molecule has 1 aromatic heterocycles. The quantitative estimate of drug-likeness (QED) is 0.813. The van der Waals surface area contributed by atoms with Crippen LogP contribution < -0.4 is 0 Å². The van der Waals surface area contributed by atoms with Crippen LogP contribution in [0.4, 0.5) is 13.2 Å². The van der Waals surface area contributed by atoms with E-state index in [9.17, 15) is 21.6 Å². The lowest BCUT2D eigenvalue weighted by Gasteiger charge is -2.34. The number of hydrogen-bond donors (Lipinski definition) is 0. The van der Waals surface area contributed by atoms with Gasteiger partial charge < -0.3 is 4.74 Å². The van der Waals surface area contributed by atoms with Crippen molar-refractivity contribution in [2.24, 2.45) is 7.05 Å². The molecule has 21 heavy (non-hydrogen) atoms. The van der Waals surface area contributed by atoms with Crippen LogP contribution in [0.5, 0.6) is 0 Å². The Balaban J connectivity index is 2.07. The fourth-order valence-electron chi connectivity index (χ4n) is 2.60. The van der Waals surface area contributed by atoms with Gasteiger partial charge in [-0.3, -0.25) is 4.68 Å². The molecule has 1 saturated heterocycles. The molecule has 10 heteroatoms. The van der Waals surface area contributed by atoms with E-state index in [1.54, 1.807) is 0 Å². The summed E-state index contributed by atoms with van der Waals surface area (Å²) < 4.78 is 71.5. The summed E-state index contributed by atoms with van der Waals surface area (Å²) in [6.45, 7) is 0.477. The highest BCUT2D eigenvalue weighted by Crippen LogP contribution is 2.47. The number of sulfonamides is 1. The van der Waals surface area contributed by atoms with Gasteiger partial charge in [0.15, 0.2) is 5.69 Å². The minimum absolute atomic E-state index is 0.0640. The Kier molecular flexibility index (Phi) is 3.12. The summed E-state index contributed by atoms with van der Waals surface area (Å²) in [6, 6.07) is 0. The van der Waals surface area contributed by atoms with E-state index in [4.69, 9.17) is 4.74 Å². The largest absolute Gasteiger partial charge is 0.436 e. The summed E-state index contributed by atoms with van der Waals surface area (Å²) in [7, 11) is -2.99. The number of nitrogens with zero attached hydrogens (tertiary/aromatic N) is 3. The van der Waals surface area contributed by atoms with E-state index in [-0.39, 0.29) is 19.8 Å². The van der Waals surface area contributed by atoms with Gasteiger partial charge in [0.1, 0.15) is 4.90 Å². The first-order valence-corrected chi connectivity index (χ1v) is 7.82. The predicted octanol–water partition coefficient (Wildman–Crippen LogP) is 0.992. The maximum Gasteiger partial charge on any atom is 0.436 e. The molecule has 3 rings (SSSR count). The van der Waals surface area contributed by atoms with Crippen molar-refractivity contribution < 1.29 is 26.3 Å². The van der Waals surface area contributed by atoms with E-state index >= 15 is 0 Å². The first kappa shape index (κ1) is 14.8. The van der Waals surface area contributed by atoms with Crippen molar-refractivity contribution in [1.82, 2.24) is 14.1 Å². The van der Waals surface area contributed by atoms with Crippen LogP contribution in [0.2, 0.25) is 0 Å². The summed E-state index contributed by atoms with van der Waals surface area (Å²) in [5, 5.41) is 3.27. The lowest BCUT2D eigenvalue weighted by atomic mass is 10.2. The average molecular weight is 325 g/mol. The molecule has 1 saturated carbocycles. The number of halogens is 3. The van der Waals surface area contributed by atoms with E-state index in [0.717, 1.165) is 15.2 Å². The van der Waals surface area contributed by atoms with Gasteiger partial charge in [0, 0.05) is 19.8 Å². The van der Waals surface area contributed by atoms with Crippen LogP contribution in [0, 0.1) is 0 Å². The third-order valence-corrected chi connectivity index (χ3v) is 5.80. The van der Waals surface area contributed by atoms with Crippen molar-refractivity contribution >= 4 is 10.0 Å². The maximum absolute atomic E-state index is 13.0. The molecular weight excluding hydrogens is 311 g/mol. The second kappa shape index (κ2) is 4.43. The van der Waals surface area contributed by atoms with Crippen LogP contribution in [-0.2, 0) is 28.0 Å². The average Bonchev–Trinajstić information content (AvgIpc) is 2.99. The van der Waals surface area contributed by atoms with Crippen molar-refractivity contribution in [3.05, 3.63) is 11.9 Å². The lowest BCUT2D eigenvalue weighted by Crippen LogP contribution is -2.50. The van der Waals surface area contributed by atoms with Crippen molar-refractivity contribution in [2.45, 2.75) is 29.5 Å². The van der Waals surface area contributed by atoms with Gasteiger partial charge in [-0.15, -0.1) is 0 Å². The standard InChI is InChI=1S/C11H14F3N3O3S/c1-16-6-8(9(15-16)11(12,13)14)21(18,19)17-4-5-20-7-10(17)2-3-10/h6H,2-5,7H2,1H3. The molecule has 2 aliphatic rings. The third-order valence-electron chi connectivity index (χ3n) is 3.80. The van der Waals surface area contributed by atoms with Crippen molar-refractivity contribution in [3.8, 4) is 0 Å². The van der Waals surface area contributed by atoms with Gasteiger partial charge in [0.2, 0.25) is 10.0 Å². The van der Waals surface area contributed by atoms with Crippen LogP contribution in [0.15, 0.2) is 11.1 Å². The number of aromatic nitrogens is 2. The van der Waals surface area contributed by atoms with Crippen LogP contribution in [0.1, 0.15) is 18.5 Å². The highest BCUT2D eigenvalue weighted by atomic mass is 32.2. The minimum Gasteiger partial charge on any atom is -0.378 e. The van der Waals surface area contributed by atoms with E-state index in [0.29, 0.717) is 12.8 Å². The fourth-order valence-corrected chi connectivity index (χ4v) is 4.59.